The number of hydrogen-bond donors (Lipinski definition) is 4. The van der Waals surface area contributed by atoms with Gasteiger partial charge in [0.05, 0.1) is 27.1 Å². The molecule has 10 nitrogen and oxygen atoms in total. The molecule has 0 aliphatic heterocycles. The van der Waals surface area contributed by atoms with Gasteiger partial charge in [-0.05, 0) is 123 Å². The van der Waals surface area contributed by atoms with Gasteiger partial charge in [-0.25, -0.2) is 0 Å². The van der Waals surface area contributed by atoms with Gasteiger partial charge in [-0.1, -0.05) is 141 Å². The van der Waals surface area contributed by atoms with Gasteiger partial charge in [-0.3, -0.25) is 14.4 Å². The van der Waals surface area contributed by atoms with Gasteiger partial charge < -0.3 is 35.6 Å². The molecule has 1 amide bonds. The summed E-state index contributed by atoms with van der Waals surface area (Å²) in [4.78, 5) is 38.6. The van der Waals surface area contributed by atoms with E-state index in [0.29, 0.717) is 43.4 Å². The molecule has 1 unspecified atom stereocenters. The summed E-state index contributed by atoms with van der Waals surface area (Å²) in [5, 5.41) is 9.93. The quantitative estimate of drug-likeness (QED) is 0.0205. The number of ether oxygens (including phenoxy) is 2. The Hall–Kier alpha value is -2.27. The first kappa shape index (κ1) is 61.7. The van der Waals surface area contributed by atoms with E-state index >= 15 is 0 Å². The molecule has 0 aromatic rings. The molecule has 0 aliphatic rings. The summed E-state index contributed by atoms with van der Waals surface area (Å²) in [6.45, 7) is 10.9. The molecule has 0 saturated heterocycles. The molecule has 64 heavy (non-hydrogen) atoms. The van der Waals surface area contributed by atoms with Crippen LogP contribution in [0.4, 0.5) is 0 Å². The lowest BCUT2D eigenvalue weighted by Crippen LogP contribution is -2.49. The van der Waals surface area contributed by atoms with E-state index in [1.54, 1.807) is 0 Å². The number of quaternary nitrogens is 1. The Balaban J connectivity index is 4.59. The zero-order valence-electron chi connectivity index (χ0n) is 42.7. The first-order chi connectivity index (χ1) is 31.2. The Labute approximate surface area is 395 Å². The third-order valence-corrected chi connectivity index (χ3v) is 12.0. The van der Waals surface area contributed by atoms with Crippen molar-refractivity contribution in [3.05, 3.63) is 24.3 Å². The van der Waals surface area contributed by atoms with Crippen LogP contribution in [0.5, 0.6) is 0 Å². The number of esters is 2. The normalized spacial score (nSPS) is 12.4. The minimum absolute atomic E-state index is 0.0267. The largest absolute Gasteiger partial charge is 0.461 e. The number of nitrogens with zero attached hydrogens (tertiary/aromatic N) is 1. The molecule has 0 saturated carbocycles. The van der Waals surface area contributed by atoms with Crippen LogP contribution in [0, 0.1) is 0 Å². The first-order valence-corrected chi connectivity index (χ1v) is 27.1. The molecule has 1 atom stereocenters. The summed E-state index contributed by atoms with van der Waals surface area (Å²) in [5.74, 6) is -0.439. The maximum absolute atomic E-state index is 13.0. The molecule has 0 fully saturated rings. The number of amides is 1. The second-order valence-corrected chi connectivity index (χ2v) is 19.1. The molecule has 0 bridgehead atoms. The standard InChI is InChI=1S/C54H105N5O5/c1-5-7-9-11-13-15-17-19-21-23-25-27-29-31-33-39-53(61)63-50-51(64-54(62)40-34-32-30-28-26-24-22-20-18-16-14-12-10-8-6-2)49-59(3,4)48-41-52(60)58-47-38-46-57-44-36-35-43-56-45-37-42-55/h19-22,51,56-57H,5-18,23-50,55H2,1-4H3/p+1/b21-19+,22-20+. The molecule has 0 radical (unpaired) electrons. The second-order valence-electron chi connectivity index (χ2n) is 19.1. The van der Waals surface area contributed by atoms with E-state index < -0.39 is 6.10 Å². The highest BCUT2D eigenvalue weighted by atomic mass is 16.6. The lowest BCUT2D eigenvalue weighted by atomic mass is 10.1. The van der Waals surface area contributed by atoms with Crippen LogP contribution in [0.3, 0.4) is 0 Å². The molecule has 0 heterocycles. The third-order valence-electron chi connectivity index (χ3n) is 12.0. The number of carbonyl (C=O) groups is 3. The molecule has 0 aromatic carbocycles. The summed E-state index contributed by atoms with van der Waals surface area (Å²) in [7, 11) is 4.09. The molecule has 0 spiro atoms. The van der Waals surface area contributed by atoms with Crippen LogP contribution < -0.4 is 21.7 Å². The van der Waals surface area contributed by atoms with Crippen molar-refractivity contribution in [2.45, 2.75) is 232 Å². The highest BCUT2D eigenvalue weighted by Crippen LogP contribution is 2.14. The average Bonchev–Trinajstić information content (AvgIpc) is 3.27. The third kappa shape index (κ3) is 47.7. The summed E-state index contributed by atoms with van der Waals surface area (Å²) in [6, 6.07) is 0. The van der Waals surface area contributed by atoms with Crippen molar-refractivity contribution < 1.29 is 28.3 Å². The number of likely N-dealkylation sites (N-methyl/N-ethyl adjacent to an activating group) is 1. The smallest absolute Gasteiger partial charge is 0.306 e. The van der Waals surface area contributed by atoms with Crippen molar-refractivity contribution in [1.82, 2.24) is 16.0 Å². The van der Waals surface area contributed by atoms with Gasteiger partial charge in [-0.15, -0.1) is 0 Å². The van der Waals surface area contributed by atoms with Gasteiger partial charge in [0.2, 0.25) is 5.91 Å². The monoisotopic (exact) mass is 905 g/mol. The number of rotatable bonds is 50. The van der Waals surface area contributed by atoms with Crippen LogP contribution in [0.25, 0.3) is 0 Å². The summed E-state index contributed by atoms with van der Waals surface area (Å²) in [6.07, 6.45) is 45.6. The molecule has 10 heteroatoms. The van der Waals surface area contributed by atoms with Crippen molar-refractivity contribution in [1.29, 1.82) is 0 Å². The number of nitrogens with two attached hydrogens (primary N) is 1. The van der Waals surface area contributed by atoms with Crippen molar-refractivity contribution in [2.75, 3.05) is 73.1 Å². The minimum Gasteiger partial charge on any atom is -0.461 e. The van der Waals surface area contributed by atoms with E-state index in [1.807, 2.05) is 14.1 Å². The molecule has 5 N–H and O–H groups in total. The zero-order chi connectivity index (χ0) is 46.9. The van der Waals surface area contributed by atoms with Crippen LogP contribution in [0.1, 0.15) is 226 Å². The minimum atomic E-state index is -0.556. The lowest BCUT2D eigenvalue weighted by molar-refractivity contribution is -0.892. The van der Waals surface area contributed by atoms with E-state index in [1.165, 1.54) is 116 Å². The molecular weight excluding hydrogens is 799 g/mol. The van der Waals surface area contributed by atoms with Crippen molar-refractivity contribution in [2.24, 2.45) is 5.73 Å². The fourth-order valence-electron chi connectivity index (χ4n) is 7.86. The summed E-state index contributed by atoms with van der Waals surface area (Å²) >= 11 is 0. The van der Waals surface area contributed by atoms with E-state index in [-0.39, 0.29) is 24.5 Å². The van der Waals surface area contributed by atoms with Crippen molar-refractivity contribution in [3.63, 3.8) is 0 Å². The van der Waals surface area contributed by atoms with Crippen LogP contribution in [-0.2, 0) is 23.9 Å². The van der Waals surface area contributed by atoms with Crippen molar-refractivity contribution in [3.8, 4) is 0 Å². The van der Waals surface area contributed by atoms with E-state index in [0.717, 1.165) is 110 Å². The predicted octanol–water partition coefficient (Wildman–Crippen LogP) is 11.8. The van der Waals surface area contributed by atoms with Gasteiger partial charge in [0.1, 0.15) is 13.2 Å². The fourth-order valence-corrected chi connectivity index (χ4v) is 7.86. The summed E-state index contributed by atoms with van der Waals surface area (Å²) in [5.41, 5.74) is 5.53. The number of allylic oxidation sites excluding steroid dienone is 4. The van der Waals surface area contributed by atoms with Crippen LogP contribution in [-0.4, -0.2) is 101 Å². The predicted molar refractivity (Wildman–Crippen MR) is 272 cm³/mol. The first-order valence-electron chi connectivity index (χ1n) is 27.1. The Morgan fingerprint density at radius 3 is 1.41 bits per heavy atom. The second kappa shape index (κ2) is 48.7. The summed E-state index contributed by atoms with van der Waals surface area (Å²) < 4.78 is 12.2. The Morgan fingerprint density at radius 2 is 0.922 bits per heavy atom. The van der Waals surface area contributed by atoms with Gasteiger partial charge in [0, 0.05) is 19.4 Å². The Kier molecular flexibility index (Phi) is 46.9. The number of nitrogens with one attached hydrogen (secondary N) is 3. The molecule has 0 rings (SSSR count). The van der Waals surface area contributed by atoms with Gasteiger partial charge in [0.25, 0.3) is 0 Å². The van der Waals surface area contributed by atoms with Crippen LogP contribution in [0.2, 0.25) is 0 Å². The number of carbonyl (C=O) groups excluding carboxylic acids is 3. The highest BCUT2D eigenvalue weighted by Gasteiger charge is 2.27. The topological polar surface area (TPSA) is 132 Å². The van der Waals surface area contributed by atoms with E-state index in [9.17, 15) is 14.4 Å². The molecule has 0 aliphatic carbocycles. The highest BCUT2D eigenvalue weighted by molar-refractivity contribution is 5.75. The SMILES string of the molecule is CCCCCCCC/C=C/CCCCCCCC(=O)OCC(C[N+](C)(C)CCC(=O)NCCCNCCCCNCCCN)OC(=O)CCCCCCC/C=C/CCCCCCCC. The molecular formula is C54H106N5O5+. The van der Waals surface area contributed by atoms with Crippen LogP contribution in [0.15, 0.2) is 24.3 Å². The zero-order valence-corrected chi connectivity index (χ0v) is 42.7. The Bertz CT molecular complexity index is 1100. The van der Waals surface area contributed by atoms with Crippen LogP contribution >= 0.6 is 0 Å². The van der Waals surface area contributed by atoms with Gasteiger partial charge >= 0.3 is 11.9 Å². The van der Waals surface area contributed by atoms with E-state index in [2.05, 4.69) is 54.1 Å². The molecule has 0 aromatic heterocycles. The Morgan fingerprint density at radius 1 is 0.500 bits per heavy atom. The maximum atomic E-state index is 13.0. The number of unbranched alkanes of at least 4 members (excludes halogenated alkanes) is 23. The number of hydrogen-bond acceptors (Lipinski definition) is 8. The van der Waals surface area contributed by atoms with Crippen molar-refractivity contribution >= 4 is 17.8 Å². The average molecular weight is 905 g/mol. The van der Waals surface area contributed by atoms with Gasteiger partial charge in [-0.2, -0.15) is 0 Å². The van der Waals surface area contributed by atoms with Gasteiger partial charge in [0.15, 0.2) is 6.10 Å². The molecule has 376 valence electrons. The fraction of sp³-hybridized carbons (Fsp3) is 0.870. The lowest BCUT2D eigenvalue weighted by Gasteiger charge is -2.33. The maximum Gasteiger partial charge on any atom is 0.306 e. The van der Waals surface area contributed by atoms with E-state index in [4.69, 9.17) is 15.2 Å².